The van der Waals surface area contributed by atoms with Crippen molar-refractivity contribution < 1.29 is 27.6 Å². The molecule has 514 valence electrons. The molecule has 0 spiro atoms. The topological polar surface area (TPSA) is 300 Å². The molecule has 0 aliphatic carbocycles. The molecule has 0 bridgehead atoms. The maximum atomic E-state index is 11.6. The quantitative estimate of drug-likeness (QED) is 0.0741. The van der Waals surface area contributed by atoms with Gasteiger partial charge in [0.25, 0.3) is 0 Å². The number of piperazine rings is 3. The van der Waals surface area contributed by atoms with E-state index in [0.717, 1.165) is 193 Å². The summed E-state index contributed by atoms with van der Waals surface area (Å²) in [5.74, 6) is 1.96. The molecule has 15 rings (SSSR count). The van der Waals surface area contributed by atoms with Crippen LogP contribution < -0.4 is 21.1 Å². The van der Waals surface area contributed by atoms with Gasteiger partial charge in [0, 0.05) is 158 Å². The van der Waals surface area contributed by atoms with Crippen molar-refractivity contribution in [2.24, 2.45) is 5.14 Å². The number of nitrogens with one attached hydrogen (secondary N) is 3. The molecule has 0 radical (unpaired) electrons. The van der Waals surface area contributed by atoms with Gasteiger partial charge in [-0.25, -0.2) is 58.4 Å². The summed E-state index contributed by atoms with van der Waals surface area (Å²) in [5.41, 5.74) is 10.8. The smallest absolute Gasteiger partial charge is 0.238 e. The van der Waals surface area contributed by atoms with Gasteiger partial charge in [0.2, 0.25) is 45.6 Å². The van der Waals surface area contributed by atoms with Crippen LogP contribution in [0.3, 0.4) is 0 Å². The van der Waals surface area contributed by atoms with Crippen molar-refractivity contribution >= 4 is 166 Å². The summed E-state index contributed by atoms with van der Waals surface area (Å²) in [6, 6.07) is 32.5. The Morgan fingerprint density at radius 1 is 0.450 bits per heavy atom. The number of thiazole rings is 3. The molecule has 0 unspecified atom stereocenters. The summed E-state index contributed by atoms with van der Waals surface area (Å²) < 4.78 is 26.5. The number of nitrogens with two attached hydrogens (primary N) is 1. The van der Waals surface area contributed by atoms with Crippen molar-refractivity contribution in [3.05, 3.63) is 153 Å². The zero-order chi connectivity index (χ0) is 69.8. The Morgan fingerprint density at radius 2 is 0.870 bits per heavy atom. The Hall–Kier alpha value is -9.72. The summed E-state index contributed by atoms with van der Waals surface area (Å²) in [5, 5.41) is 20.8. The Balaban J connectivity index is 0.000000134. The molecule has 12 aromatic rings. The Bertz CT molecular complexity index is 5180. The van der Waals surface area contributed by atoms with Gasteiger partial charge in [-0.1, -0.05) is 24.3 Å². The molecule has 29 heteroatoms. The number of sulfonamides is 1. The summed E-state index contributed by atoms with van der Waals surface area (Å²) in [6.07, 6.45) is 5.80. The van der Waals surface area contributed by atoms with E-state index in [1.807, 2.05) is 81.7 Å². The molecule has 25 nitrogen and oxygen atoms in total. The van der Waals surface area contributed by atoms with Crippen LogP contribution in [0.25, 0.3) is 63.4 Å². The highest BCUT2D eigenvalue weighted by atomic mass is 32.2. The minimum absolute atomic E-state index is 0.00830. The van der Waals surface area contributed by atoms with Crippen LogP contribution in [0.15, 0.2) is 127 Å². The van der Waals surface area contributed by atoms with E-state index in [1.165, 1.54) is 23.3 Å². The molecule has 6 aromatic carbocycles. The summed E-state index contributed by atoms with van der Waals surface area (Å²) in [4.78, 5) is 101. The predicted octanol–water partition coefficient (Wildman–Crippen LogP) is 10.3. The number of carbonyl (C=O) groups is 4. The second kappa shape index (κ2) is 30.0. The molecule has 3 saturated heterocycles. The molecular weight excluding hydrogens is 1340 g/mol. The van der Waals surface area contributed by atoms with Crippen molar-refractivity contribution in [1.29, 1.82) is 0 Å². The second-order valence-corrected chi connectivity index (χ2v) is 30.1. The first-order valence-electron chi connectivity index (χ1n) is 32.8. The van der Waals surface area contributed by atoms with Gasteiger partial charge in [0.15, 0.2) is 0 Å². The van der Waals surface area contributed by atoms with Crippen LogP contribution in [0.2, 0.25) is 0 Å². The lowest BCUT2D eigenvalue weighted by Gasteiger charge is -2.33. The van der Waals surface area contributed by atoms with Gasteiger partial charge >= 0.3 is 0 Å². The molecule has 5 N–H and O–H groups in total. The van der Waals surface area contributed by atoms with Crippen molar-refractivity contribution in [2.45, 2.75) is 72.5 Å². The predicted molar refractivity (Wildman–Crippen MR) is 395 cm³/mol. The molecule has 3 aliphatic rings. The first-order chi connectivity index (χ1) is 48.1. The summed E-state index contributed by atoms with van der Waals surface area (Å²) in [6.45, 7) is 22.6. The van der Waals surface area contributed by atoms with E-state index in [0.29, 0.717) is 30.0 Å². The highest BCUT2D eigenvalue weighted by Gasteiger charge is 2.24. The molecule has 9 heterocycles. The fourth-order valence-corrected chi connectivity index (χ4v) is 16.1. The van der Waals surface area contributed by atoms with E-state index in [-0.39, 0.29) is 28.4 Å². The Morgan fingerprint density at radius 3 is 1.33 bits per heavy atom. The first kappa shape index (κ1) is 68.8. The minimum Gasteiger partial charge on any atom is -0.340 e. The van der Waals surface area contributed by atoms with E-state index in [4.69, 9.17) is 30.1 Å². The fourth-order valence-electron chi connectivity index (χ4n) is 12.4. The van der Waals surface area contributed by atoms with Crippen LogP contribution in [0, 0.1) is 13.8 Å². The molecule has 3 aliphatic heterocycles. The second-order valence-electron chi connectivity index (χ2n) is 25.2. The van der Waals surface area contributed by atoms with E-state index in [2.05, 4.69) is 88.7 Å². The molecule has 3 fully saturated rings. The molecule has 3 amide bonds. The van der Waals surface area contributed by atoms with Crippen molar-refractivity contribution in [3.63, 3.8) is 0 Å². The van der Waals surface area contributed by atoms with Crippen LogP contribution in [0.5, 0.6) is 0 Å². The number of hydrogen-bond acceptors (Lipinski definition) is 24. The zero-order valence-electron chi connectivity index (χ0n) is 56.2. The third-order valence-corrected chi connectivity index (χ3v) is 21.5. The van der Waals surface area contributed by atoms with E-state index in [9.17, 15) is 27.6 Å². The first-order valence-corrected chi connectivity index (χ1v) is 36.8. The lowest BCUT2D eigenvalue weighted by Crippen LogP contribution is -2.47. The molecular formula is C71H75N19O6S4. The number of rotatable bonds is 15. The van der Waals surface area contributed by atoms with Gasteiger partial charge < -0.3 is 30.7 Å². The number of aromatic nitrogens is 9. The number of benzene rings is 6. The maximum Gasteiger partial charge on any atom is 0.238 e. The normalized spacial score (nSPS) is 14.9. The van der Waals surface area contributed by atoms with Crippen LogP contribution in [0.1, 0.15) is 59.4 Å². The van der Waals surface area contributed by atoms with E-state index >= 15 is 0 Å². The Kier molecular flexibility index (Phi) is 20.6. The van der Waals surface area contributed by atoms with Crippen molar-refractivity contribution in [2.75, 3.05) is 94.5 Å². The summed E-state index contributed by atoms with van der Waals surface area (Å²) >= 11 is 5.01. The number of carbonyl (C=O) groups excluding carboxylic acids is 4. The fraction of sp³-hybridized carbons (Fsp3) is 0.310. The third kappa shape index (κ3) is 16.8. The lowest BCUT2D eigenvalue weighted by molar-refractivity contribution is -0.131. The van der Waals surface area contributed by atoms with Gasteiger partial charge in [-0.05, 0) is 116 Å². The monoisotopic (exact) mass is 1420 g/mol. The maximum absolute atomic E-state index is 11.6. The molecule has 0 saturated carbocycles. The number of anilines is 6. The Labute approximate surface area is 589 Å². The highest BCUT2D eigenvalue weighted by Crippen LogP contribution is 2.34. The van der Waals surface area contributed by atoms with Gasteiger partial charge in [-0.15, -0.1) is 34.0 Å². The number of primary sulfonamides is 1. The number of hydrogen-bond donors (Lipinski definition) is 4. The van der Waals surface area contributed by atoms with Crippen molar-refractivity contribution in [1.82, 2.24) is 74.3 Å². The zero-order valence-corrected chi connectivity index (χ0v) is 59.5. The van der Waals surface area contributed by atoms with Gasteiger partial charge in [0.05, 0.1) is 49.7 Å². The van der Waals surface area contributed by atoms with Gasteiger partial charge in [-0.2, -0.15) is 0 Å². The molecule has 100 heavy (non-hydrogen) atoms. The number of aryl methyl sites for hydroxylation is 2. The molecule has 0 atom stereocenters. The number of ketones is 1. The average Bonchev–Trinajstić information content (AvgIpc) is 1.60. The third-order valence-electron chi connectivity index (χ3n) is 17.5. The highest BCUT2D eigenvalue weighted by molar-refractivity contribution is 7.89. The number of Topliss-reactive ketones (excluding diaryl/α,β-unsaturated/α-hetero) is 1. The van der Waals surface area contributed by atoms with Gasteiger partial charge in [0.1, 0.15) is 42.9 Å². The summed E-state index contributed by atoms with van der Waals surface area (Å²) in [7, 11) is -3.81. The van der Waals surface area contributed by atoms with Crippen LogP contribution in [0.4, 0.5) is 34.9 Å². The van der Waals surface area contributed by atoms with E-state index < -0.39 is 10.0 Å². The average molecular weight is 1420 g/mol. The number of amides is 3. The van der Waals surface area contributed by atoms with E-state index in [1.54, 1.807) is 80.0 Å². The van der Waals surface area contributed by atoms with Crippen LogP contribution >= 0.6 is 34.0 Å². The van der Waals surface area contributed by atoms with Crippen molar-refractivity contribution in [3.8, 4) is 0 Å². The standard InChI is InChI=1S/C25H26N6O2S.C24H26N6OS.C22H23N7O3S2/c1-16(32)12-18-4-3-5-20(13-18)27-25-26-14-19-6-7-21-24(23(19)29-25)28-22(34-21)15-30-8-10-31(11-9-30)17(2)33;1-15-10-16(2)12-19(11-15)26-24-25-13-18-4-5-20-23(22(18)28-24)32-21(27-20)14-29-6-8-30(9-7-29)17(3)31;1-14(30)29-9-7-28(8-10-29)13-19-26-21-18(33-19)6-5-15-12-24-22(27-20(15)21)25-16-3-2-4-17(11-16)34(23,31)32/h3-7,13-14H,8-12,15H2,1-2H3,(H,26,27,29);4-5,10-13H,6-9,14H2,1-3H3,(H,25,26,28);2-6,11-12H,7-10,13H2,1H3,(H2,23,31,32)(H,24,25,27). The SMILES string of the molecule is CC(=O)Cc1cccc(Nc2ncc3ccc4sc(CN5CCN(C(C)=O)CC5)nc4c3n2)c1.CC(=O)N1CCN(Cc2nc3c(ccc4cnc(Nc5cccc(S(N)(=O)=O)c5)nc43)s2)CC1.CC(=O)N1CCN(Cc2nc3ccc4cnc(Nc5cc(C)cc(C)c5)nc4c3s2)CC1. The number of fused-ring (bicyclic) bond motifs is 9. The number of nitrogens with zero attached hydrogens (tertiary/aromatic N) is 15. The van der Waals surface area contributed by atoms with Crippen LogP contribution in [-0.4, -0.2) is 185 Å². The van der Waals surface area contributed by atoms with Crippen LogP contribution in [-0.2, 0) is 55.3 Å². The minimum atomic E-state index is -3.81. The molecule has 6 aromatic heterocycles. The largest absolute Gasteiger partial charge is 0.340 e. The lowest BCUT2D eigenvalue weighted by atomic mass is 10.1. The van der Waals surface area contributed by atoms with Gasteiger partial charge in [-0.3, -0.25) is 33.9 Å².